The molecule has 1 amide bonds. The third-order valence-corrected chi connectivity index (χ3v) is 2.07. The fraction of sp³-hybridized carbons (Fsp3) is 0.333. The molecule has 0 bridgehead atoms. The van der Waals surface area contributed by atoms with Gasteiger partial charge in [-0.25, -0.2) is 0 Å². The van der Waals surface area contributed by atoms with Gasteiger partial charge >= 0.3 is 0 Å². The van der Waals surface area contributed by atoms with Gasteiger partial charge in [0, 0.05) is 6.20 Å². The highest BCUT2D eigenvalue weighted by molar-refractivity contribution is 5.95. The molecule has 0 radical (unpaired) electrons. The Morgan fingerprint density at radius 2 is 2.54 bits per heavy atom. The van der Waals surface area contributed by atoms with Crippen LogP contribution in [0.4, 0.5) is 5.69 Å². The smallest absolute Gasteiger partial charge is 0.241 e. The first kappa shape index (κ1) is 8.19. The normalized spacial score (nSPS) is 20.5. The average molecular weight is 177 g/mol. The molecule has 68 valence electrons. The van der Waals surface area contributed by atoms with Crippen LogP contribution >= 0.6 is 0 Å². The van der Waals surface area contributed by atoms with E-state index >= 15 is 0 Å². The highest BCUT2D eigenvalue weighted by Gasteiger charge is 2.24. The number of rotatable bonds is 2. The molecule has 2 heterocycles. The average Bonchev–Trinajstić information content (AvgIpc) is 2.02. The molecule has 0 saturated carbocycles. The molecule has 13 heavy (non-hydrogen) atoms. The third kappa shape index (κ3) is 1.84. The number of hydrogen-bond donors (Lipinski definition) is 2. The van der Waals surface area contributed by atoms with Crippen molar-refractivity contribution in [2.24, 2.45) is 0 Å². The topological polar surface area (TPSA) is 54.0 Å². The van der Waals surface area contributed by atoms with E-state index in [1.54, 1.807) is 18.5 Å². The van der Waals surface area contributed by atoms with E-state index in [1.165, 1.54) is 0 Å². The summed E-state index contributed by atoms with van der Waals surface area (Å²) in [6, 6.07) is 3.60. The standard InChI is InChI=1S/C9H11N3O/c13-9(8-3-5-11-8)12-7-2-1-4-10-6-7/h1-2,4,6,8,11H,3,5H2,(H,12,13)/t8-/m0/s1. The molecule has 4 heteroatoms. The quantitative estimate of drug-likeness (QED) is 0.686. The van der Waals surface area contributed by atoms with E-state index in [0.717, 1.165) is 18.7 Å². The Kier molecular flexibility index (Phi) is 2.23. The predicted molar refractivity (Wildman–Crippen MR) is 49.3 cm³/mol. The molecule has 2 rings (SSSR count). The van der Waals surface area contributed by atoms with Gasteiger partial charge in [0.25, 0.3) is 0 Å². The number of nitrogens with one attached hydrogen (secondary N) is 2. The molecule has 1 aromatic heterocycles. The van der Waals surface area contributed by atoms with E-state index in [1.807, 2.05) is 6.07 Å². The van der Waals surface area contributed by atoms with E-state index in [0.29, 0.717) is 0 Å². The minimum Gasteiger partial charge on any atom is -0.323 e. The van der Waals surface area contributed by atoms with Crippen molar-refractivity contribution in [2.45, 2.75) is 12.5 Å². The fourth-order valence-corrected chi connectivity index (χ4v) is 1.18. The second-order valence-corrected chi connectivity index (χ2v) is 3.03. The molecule has 1 aliphatic rings. The lowest BCUT2D eigenvalue weighted by molar-refractivity contribution is -0.119. The van der Waals surface area contributed by atoms with Gasteiger partial charge in [0.15, 0.2) is 0 Å². The molecular formula is C9H11N3O. The van der Waals surface area contributed by atoms with Crippen LogP contribution in [0.1, 0.15) is 6.42 Å². The molecular weight excluding hydrogens is 166 g/mol. The molecule has 0 unspecified atom stereocenters. The number of amides is 1. The Bertz CT molecular complexity index is 295. The van der Waals surface area contributed by atoms with Crippen molar-refractivity contribution in [1.82, 2.24) is 10.3 Å². The molecule has 1 aromatic rings. The second kappa shape index (κ2) is 3.53. The molecule has 0 aliphatic carbocycles. The largest absolute Gasteiger partial charge is 0.323 e. The SMILES string of the molecule is O=C(Nc1cccnc1)[C@@H]1CCN1. The molecule has 1 aliphatic heterocycles. The molecule has 1 fully saturated rings. The third-order valence-electron chi connectivity index (χ3n) is 2.07. The van der Waals surface area contributed by atoms with E-state index < -0.39 is 0 Å². The first-order chi connectivity index (χ1) is 6.36. The van der Waals surface area contributed by atoms with Crippen molar-refractivity contribution in [3.8, 4) is 0 Å². The molecule has 2 N–H and O–H groups in total. The Morgan fingerprint density at radius 3 is 3.08 bits per heavy atom. The van der Waals surface area contributed by atoms with Crippen LogP contribution in [0.2, 0.25) is 0 Å². The number of carbonyl (C=O) groups is 1. The maximum Gasteiger partial charge on any atom is 0.241 e. The van der Waals surface area contributed by atoms with Crippen LogP contribution in [-0.4, -0.2) is 23.5 Å². The van der Waals surface area contributed by atoms with Gasteiger partial charge in [-0.05, 0) is 25.1 Å². The Morgan fingerprint density at radius 1 is 1.69 bits per heavy atom. The van der Waals surface area contributed by atoms with Crippen molar-refractivity contribution >= 4 is 11.6 Å². The van der Waals surface area contributed by atoms with Crippen LogP contribution in [0.25, 0.3) is 0 Å². The first-order valence-electron chi connectivity index (χ1n) is 4.30. The van der Waals surface area contributed by atoms with Crippen molar-refractivity contribution in [3.63, 3.8) is 0 Å². The van der Waals surface area contributed by atoms with Crippen molar-refractivity contribution in [2.75, 3.05) is 11.9 Å². The second-order valence-electron chi connectivity index (χ2n) is 3.03. The van der Waals surface area contributed by atoms with Crippen molar-refractivity contribution in [1.29, 1.82) is 0 Å². The van der Waals surface area contributed by atoms with Crippen molar-refractivity contribution < 1.29 is 4.79 Å². The lowest BCUT2D eigenvalue weighted by Crippen LogP contribution is -2.50. The Balaban J connectivity index is 1.94. The highest BCUT2D eigenvalue weighted by Crippen LogP contribution is 2.07. The zero-order valence-corrected chi connectivity index (χ0v) is 7.16. The van der Waals surface area contributed by atoms with Crippen molar-refractivity contribution in [3.05, 3.63) is 24.5 Å². The molecule has 0 aromatic carbocycles. The lowest BCUT2D eigenvalue weighted by Gasteiger charge is -2.26. The summed E-state index contributed by atoms with van der Waals surface area (Å²) in [5.41, 5.74) is 0.751. The van der Waals surface area contributed by atoms with Crippen LogP contribution in [0.15, 0.2) is 24.5 Å². The number of nitrogens with zero attached hydrogens (tertiary/aromatic N) is 1. The summed E-state index contributed by atoms with van der Waals surface area (Å²) in [5.74, 6) is 0.0271. The Labute approximate surface area is 76.4 Å². The number of anilines is 1. The van der Waals surface area contributed by atoms with Gasteiger partial charge in [0.2, 0.25) is 5.91 Å². The van der Waals surface area contributed by atoms with Gasteiger partial charge in [-0.1, -0.05) is 0 Å². The zero-order valence-electron chi connectivity index (χ0n) is 7.16. The summed E-state index contributed by atoms with van der Waals surface area (Å²) in [6.45, 7) is 0.936. The van der Waals surface area contributed by atoms with Crippen LogP contribution in [0.3, 0.4) is 0 Å². The van der Waals surface area contributed by atoms with E-state index in [-0.39, 0.29) is 11.9 Å². The van der Waals surface area contributed by atoms with Gasteiger partial charge in [0.1, 0.15) is 0 Å². The predicted octanol–water partition coefficient (Wildman–Crippen LogP) is 0.382. The van der Waals surface area contributed by atoms with E-state index in [4.69, 9.17) is 0 Å². The fourth-order valence-electron chi connectivity index (χ4n) is 1.18. The number of pyridine rings is 1. The lowest BCUT2D eigenvalue weighted by atomic mass is 10.1. The zero-order chi connectivity index (χ0) is 9.10. The number of hydrogen-bond acceptors (Lipinski definition) is 3. The highest BCUT2D eigenvalue weighted by atomic mass is 16.2. The van der Waals surface area contributed by atoms with Crippen LogP contribution < -0.4 is 10.6 Å². The molecule has 0 spiro atoms. The monoisotopic (exact) mass is 177 g/mol. The maximum atomic E-state index is 11.4. The summed E-state index contributed by atoms with van der Waals surface area (Å²) in [4.78, 5) is 15.3. The summed E-state index contributed by atoms with van der Waals surface area (Å²) in [6.07, 6.45) is 4.24. The van der Waals surface area contributed by atoms with E-state index in [9.17, 15) is 4.79 Å². The summed E-state index contributed by atoms with van der Waals surface area (Å²) < 4.78 is 0. The summed E-state index contributed by atoms with van der Waals surface area (Å²) in [7, 11) is 0. The van der Waals surface area contributed by atoms with Gasteiger partial charge in [0.05, 0.1) is 17.9 Å². The van der Waals surface area contributed by atoms with Crippen LogP contribution in [0, 0.1) is 0 Å². The maximum absolute atomic E-state index is 11.4. The molecule has 4 nitrogen and oxygen atoms in total. The molecule has 1 saturated heterocycles. The van der Waals surface area contributed by atoms with Gasteiger partial charge in [-0.15, -0.1) is 0 Å². The van der Waals surface area contributed by atoms with Crippen LogP contribution in [-0.2, 0) is 4.79 Å². The van der Waals surface area contributed by atoms with Gasteiger partial charge < -0.3 is 10.6 Å². The number of aromatic nitrogens is 1. The van der Waals surface area contributed by atoms with E-state index in [2.05, 4.69) is 15.6 Å². The molecule has 1 atom stereocenters. The van der Waals surface area contributed by atoms with Crippen LogP contribution in [0.5, 0.6) is 0 Å². The number of carbonyl (C=O) groups excluding carboxylic acids is 1. The first-order valence-corrected chi connectivity index (χ1v) is 4.30. The van der Waals surface area contributed by atoms with Gasteiger partial charge in [-0.3, -0.25) is 9.78 Å². The minimum absolute atomic E-state index is 0.0137. The van der Waals surface area contributed by atoms with Gasteiger partial charge in [-0.2, -0.15) is 0 Å². The summed E-state index contributed by atoms with van der Waals surface area (Å²) >= 11 is 0. The minimum atomic E-state index is -0.0137. The summed E-state index contributed by atoms with van der Waals surface area (Å²) in [5, 5.41) is 5.81. The Hall–Kier alpha value is -1.42.